The number of hydrazone groups is 1. The van der Waals surface area contributed by atoms with Crippen LogP contribution in [0.5, 0.6) is 5.75 Å². The van der Waals surface area contributed by atoms with Crippen molar-refractivity contribution in [2.24, 2.45) is 5.10 Å². The number of halogens is 1. The van der Waals surface area contributed by atoms with Gasteiger partial charge in [0.1, 0.15) is 0 Å². The van der Waals surface area contributed by atoms with Crippen LogP contribution in [0.1, 0.15) is 15.2 Å². The Hall–Kier alpha value is -2.45. The molecule has 0 aliphatic carbocycles. The number of nitro groups is 1. The van der Waals surface area contributed by atoms with E-state index in [9.17, 15) is 20.0 Å². The Balaban J connectivity index is 2.18. The molecular formula is C12H7ClN3O4S-. The molecule has 0 saturated heterocycles. The van der Waals surface area contributed by atoms with Crippen molar-refractivity contribution in [1.29, 1.82) is 0 Å². The molecule has 1 heterocycles. The summed E-state index contributed by atoms with van der Waals surface area (Å²) in [4.78, 5) is 21.9. The molecule has 1 aromatic heterocycles. The van der Waals surface area contributed by atoms with Gasteiger partial charge in [-0.15, -0.1) is 11.3 Å². The molecule has 0 spiro atoms. The van der Waals surface area contributed by atoms with Crippen molar-refractivity contribution in [3.05, 3.63) is 55.2 Å². The molecule has 0 aliphatic heterocycles. The van der Waals surface area contributed by atoms with E-state index in [-0.39, 0.29) is 10.6 Å². The highest BCUT2D eigenvalue weighted by molar-refractivity contribution is 7.12. The molecule has 7 nitrogen and oxygen atoms in total. The number of hydrogen-bond acceptors (Lipinski definition) is 6. The summed E-state index contributed by atoms with van der Waals surface area (Å²) in [6.07, 6.45) is 1.02. The maximum absolute atomic E-state index is 11.8. The monoisotopic (exact) mass is 324 g/mol. The van der Waals surface area contributed by atoms with Gasteiger partial charge in [0.15, 0.2) is 0 Å². The van der Waals surface area contributed by atoms with Crippen molar-refractivity contribution >= 4 is 40.7 Å². The van der Waals surface area contributed by atoms with Crippen LogP contribution >= 0.6 is 22.9 Å². The molecule has 0 unspecified atom stereocenters. The van der Waals surface area contributed by atoms with Gasteiger partial charge in [-0.05, 0) is 28.8 Å². The lowest BCUT2D eigenvalue weighted by Gasteiger charge is -2.10. The molecule has 1 aromatic carbocycles. The van der Waals surface area contributed by atoms with Crippen LogP contribution in [0, 0.1) is 10.1 Å². The van der Waals surface area contributed by atoms with Gasteiger partial charge >= 0.3 is 0 Å². The summed E-state index contributed by atoms with van der Waals surface area (Å²) in [6, 6.07) is 5.52. The SMILES string of the molecule is O=C(N/N=C\c1cc(Cl)cc([N+](=O)[O-])c1[O-])c1cccs1. The average Bonchev–Trinajstić information content (AvgIpc) is 2.95. The second kappa shape index (κ2) is 6.33. The van der Waals surface area contributed by atoms with E-state index in [0.717, 1.165) is 12.3 Å². The van der Waals surface area contributed by atoms with E-state index < -0.39 is 22.3 Å². The van der Waals surface area contributed by atoms with Crippen LogP contribution in [0.2, 0.25) is 5.02 Å². The predicted molar refractivity (Wildman–Crippen MR) is 76.9 cm³/mol. The molecule has 0 saturated carbocycles. The van der Waals surface area contributed by atoms with Gasteiger partial charge in [-0.2, -0.15) is 5.10 Å². The number of rotatable bonds is 4. The van der Waals surface area contributed by atoms with E-state index in [1.807, 2.05) is 0 Å². The van der Waals surface area contributed by atoms with E-state index in [4.69, 9.17) is 11.6 Å². The van der Waals surface area contributed by atoms with Crippen molar-refractivity contribution in [3.63, 3.8) is 0 Å². The minimum atomic E-state index is -0.824. The molecule has 1 N–H and O–H groups in total. The molecule has 0 atom stereocenters. The van der Waals surface area contributed by atoms with Crippen LogP contribution in [-0.4, -0.2) is 17.0 Å². The third-order valence-electron chi connectivity index (χ3n) is 2.37. The molecule has 1 amide bonds. The van der Waals surface area contributed by atoms with Gasteiger partial charge in [-0.3, -0.25) is 14.9 Å². The summed E-state index contributed by atoms with van der Waals surface area (Å²) in [5.41, 5.74) is 1.49. The maximum atomic E-state index is 11.8. The van der Waals surface area contributed by atoms with Crippen LogP contribution < -0.4 is 10.5 Å². The number of carbonyl (C=O) groups is 1. The minimum Gasteiger partial charge on any atom is -0.867 e. The summed E-state index contributed by atoms with van der Waals surface area (Å²) in [6.45, 7) is 0. The standard InChI is InChI=1S/C12H8ClN3O4S/c13-8-4-7(11(17)9(5-8)16(19)20)6-14-15-12(18)10-2-1-3-21-10/h1-6,17H,(H,15,18)/p-1/b14-6-. The Labute approximate surface area is 127 Å². The topological polar surface area (TPSA) is 108 Å². The zero-order valence-corrected chi connectivity index (χ0v) is 11.9. The fraction of sp³-hybridized carbons (Fsp3) is 0. The van der Waals surface area contributed by atoms with E-state index in [0.29, 0.717) is 4.88 Å². The van der Waals surface area contributed by atoms with Crippen LogP contribution in [0.4, 0.5) is 5.69 Å². The van der Waals surface area contributed by atoms with Gasteiger partial charge in [0.05, 0.1) is 16.0 Å². The van der Waals surface area contributed by atoms with Crippen LogP contribution in [-0.2, 0) is 0 Å². The Morgan fingerprint density at radius 1 is 1.48 bits per heavy atom. The van der Waals surface area contributed by atoms with Crippen LogP contribution in [0.25, 0.3) is 0 Å². The molecule has 108 valence electrons. The molecule has 0 fully saturated rings. The molecule has 2 rings (SSSR count). The Morgan fingerprint density at radius 2 is 2.24 bits per heavy atom. The van der Waals surface area contributed by atoms with E-state index in [2.05, 4.69) is 10.5 Å². The highest BCUT2D eigenvalue weighted by atomic mass is 35.5. The summed E-state index contributed by atoms with van der Waals surface area (Å²) in [7, 11) is 0. The van der Waals surface area contributed by atoms with Crippen molar-refractivity contribution in [2.75, 3.05) is 0 Å². The third kappa shape index (κ3) is 3.56. The lowest BCUT2D eigenvalue weighted by atomic mass is 10.2. The fourth-order valence-electron chi connectivity index (χ4n) is 1.45. The summed E-state index contributed by atoms with van der Waals surface area (Å²) >= 11 is 6.93. The lowest BCUT2D eigenvalue weighted by molar-refractivity contribution is -0.398. The van der Waals surface area contributed by atoms with E-state index in [1.54, 1.807) is 17.5 Å². The summed E-state index contributed by atoms with van der Waals surface area (Å²) in [5, 5.41) is 27.8. The highest BCUT2D eigenvalue weighted by Crippen LogP contribution is 2.29. The molecule has 0 bridgehead atoms. The first kappa shape index (κ1) is 14.9. The van der Waals surface area contributed by atoms with Gasteiger partial charge in [0.2, 0.25) is 0 Å². The predicted octanol–water partition coefficient (Wildman–Crippen LogP) is 2.15. The maximum Gasteiger partial charge on any atom is 0.281 e. The normalized spacial score (nSPS) is 10.7. The number of nitrogens with zero attached hydrogens (tertiary/aromatic N) is 2. The molecule has 21 heavy (non-hydrogen) atoms. The van der Waals surface area contributed by atoms with Gasteiger partial charge in [-0.1, -0.05) is 17.7 Å². The second-order valence-electron chi connectivity index (χ2n) is 3.78. The van der Waals surface area contributed by atoms with Gasteiger partial charge in [-0.25, -0.2) is 5.43 Å². The first-order valence-electron chi connectivity index (χ1n) is 5.51. The molecule has 9 heteroatoms. The second-order valence-corrected chi connectivity index (χ2v) is 5.16. The quantitative estimate of drug-likeness (QED) is 0.528. The average molecular weight is 325 g/mol. The number of benzene rings is 1. The van der Waals surface area contributed by atoms with Crippen LogP contribution in [0.15, 0.2) is 34.7 Å². The van der Waals surface area contributed by atoms with Gasteiger partial charge < -0.3 is 5.11 Å². The Bertz CT molecular complexity index is 716. The summed E-state index contributed by atoms with van der Waals surface area (Å²) in [5.74, 6) is -1.26. The number of hydrogen-bond donors (Lipinski definition) is 1. The Kier molecular flexibility index (Phi) is 4.51. The summed E-state index contributed by atoms with van der Waals surface area (Å²) < 4.78 is 0. The highest BCUT2D eigenvalue weighted by Gasteiger charge is 2.11. The van der Waals surface area contributed by atoms with Crippen molar-refractivity contribution in [2.45, 2.75) is 0 Å². The van der Waals surface area contributed by atoms with E-state index >= 15 is 0 Å². The first-order chi connectivity index (χ1) is 9.99. The minimum absolute atomic E-state index is 0.0346. The number of thiophene rings is 1. The smallest absolute Gasteiger partial charge is 0.281 e. The molecular weight excluding hydrogens is 318 g/mol. The largest absolute Gasteiger partial charge is 0.867 e. The number of carbonyl (C=O) groups excluding carboxylic acids is 1. The number of nitrogens with one attached hydrogen (secondary N) is 1. The molecule has 0 radical (unpaired) electrons. The number of amides is 1. The fourth-order valence-corrected chi connectivity index (χ4v) is 2.29. The number of nitro benzene ring substituents is 1. The van der Waals surface area contributed by atoms with Crippen molar-refractivity contribution in [1.82, 2.24) is 5.43 Å². The molecule has 0 aliphatic rings. The molecule has 2 aromatic rings. The Morgan fingerprint density at radius 3 is 2.86 bits per heavy atom. The van der Waals surface area contributed by atoms with Crippen LogP contribution in [0.3, 0.4) is 0 Å². The van der Waals surface area contributed by atoms with Gasteiger partial charge in [0, 0.05) is 11.1 Å². The zero-order valence-electron chi connectivity index (χ0n) is 10.3. The van der Waals surface area contributed by atoms with Gasteiger partial charge in [0.25, 0.3) is 11.6 Å². The van der Waals surface area contributed by atoms with Crippen molar-refractivity contribution < 1.29 is 14.8 Å². The van der Waals surface area contributed by atoms with Crippen molar-refractivity contribution in [3.8, 4) is 5.75 Å². The van der Waals surface area contributed by atoms with E-state index in [1.165, 1.54) is 17.4 Å². The third-order valence-corrected chi connectivity index (χ3v) is 3.46. The first-order valence-corrected chi connectivity index (χ1v) is 6.76. The zero-order chi connectivity index (χ0) is 15.4. The lowest BCUT2D eigenvalue weighted by Crippen LogP contribution is -2.16.